The number of nitrogens with zero attached hydrogens (tertiary/aromatic N) is 4. The summed E-state index contributed by atoms with van der Waals surface area (Å²) < 4.78 is 2.04. The maximum Gasteiger partial charge on any atom is 0.253 e. The molecular formula is C22H26N4OS. The van der Waals surface area contributed by atoms with Crippen LogP contribution >= 0.6 is 11.8 Å². The molecule has 0 atom stereocenters. The Balaban J connectivity index is 1.34. The average molecular weight is 395 g/mol. The van der Waals surface area contributed by atoms with Gasteiger partial charge in [0.05, 0.1) is 5.69 Å². The molecular weight excluding hydrogens is 368 g/mol. The lowest BCUT2D eigenvalue weighted by Crippen LogP contribution is -2.44. The van der Waals surface area contributed by atoms with Crippen molar-refractivity contribution in [2.75, 3.05) is 27.2 Å². The van der Waals surface area contributed by atoms with E-state index >= 15 is 0 Å². The van der Waals surface area contributed by atoms with Crippen molar-refractivity contribution in [2.24, 2.45) is 0 Å². The molecule has 0 saturated carbocycles. The lowest BCUT2D eigenvalue weighted by atomic mass is 10.0. The molecule has 0 bridgehead atoms. The summed E-state index contributed by atoms with van der Waals surface area (Å²) in [7, 11) is 4.23. The minimum Gasteiger partial charge on any atom is -0.339 e. The molecule has 4 rings (SSSR count). The van der Waals surface area contributed by atoms with E-state index in [9.17, 15) is 4.79 Å². The van der Waals surface area contributed by atoms with E-state index in [0.29, 0.717) is 6.04 Å². The topological polar surface area (TPSA) is 40.9 Å². The fourth-order valence-corrected chi connectivity index (χ4v) is 4.46. The highest BCUT2D eigenvalue weighted by Gasteiger charge is 2.24. The number of carbonyl (C=O) groups excluding carboxylic acids is 1. The van der Waals surface area contributed by atoms with Gasteiger partial charge < -0.3 is 14.2 Å². The molecule has 3 aromatic rings. The van der Waals surface area contributed by atoms with E-state index in [4.69, 9.17) is 0 Å². The molecule has 5 nitrogen and oxygen atoms in total. The van der Waals surface area contributed by atoms with Gasteiger partial charge in [-0.3, -0.25) is 4.79 Å². The molecule has 1 saturated heterocycles. The van der Waals surface area contributed by atoms with Crippen LogP contribution in [-0.4, -0.2) is 58.3 Å². The van der Waals surface area contributed by atoms with Crippen LogP contribution in [0.4, 0.5) is 0 Å². The Bertz CT molecular complexity index is 910. The molecule has 1 fully saturated rings. The lowest BCUT2D eigenvalue weighted by molar-refractivity contribution is 0.0663. The minimum absolute atomic E-state index is 0.147. The predicted octanol–water partition coefficient (Wildman–Crippen LogP) is 3.79. The number of piperidine rings is 1. The van der Waals surface area contributed by atoms with Crippen molar-refractivity contribution < 1.29 is 4.79 Å². The highest BCUT2D eigenvalue weighted by molar-refractivity contribution is 7.98. The molecule has 0 aliphatic carbocycles. The van der Waals surface area contributed by atoms with Crippen molar-refractivity contribution in [2.45, 2.75) is 29.5 Å². The summed E-state index contributed by atoms with van der Waals surface area (Å²) >= 11 is 1.74. The number of carbonyl (C=O) groups is 1. The van der Waals surface area contributed by atoms with Crippen LogP contribution in [0.25, 0.3) is 5.65 Å². The third-order valence-electron chi connectivity index (χ3n) is 5.38. The summed E-state index contributed by atoms with van der Waals surface area (Å²) in [5.74, 6) is 0.960. The van der Waals surface area contributed by atoms with Gasteiger partial charge in [0.25, 0.3) is 5.91 Å². The van der Waals surface area contributed by atoms with Crippen LogP contribution in [-0.2, 0) is 5.75 Å². The zero-order valence-electron chi connectivity index (χ0n) is 16.4. The van der Waals surface area contributed by atoms with Crippen LogP contribution in [0.5, 0.6) is 0 Å². The number of likely N-dealkylation sites (tertiary alicyclic amines) is 1. The molecule has 1 aliphatic heterocycles. The van der Waals surface area contributed by atoms with Crippen molar-refractivity contribution in [3.05, 3.63) is 66.1 Å². The Hall–Kier alpha value is -2.31. The van der Waals surface area contributed by atoms with Gasteiger partial charge >= 0.3 is 0 Å². The first-order valence-electron chi connectivity index (χ1n) is 9.71. The number of benzene rings is 1. The largest absolute Gasteiger partial charge is 0.339 e. The summed E-state index contributed by atoms with van der Waals surface area (Å²) in [5, 5.41) is 0. The lowest BCUT2D eigenvalue weighted by Gasteiger charge is -2.35. The second-order valence-corrected chi connectivity index (χ2v) is 8.55. The molecule has 0 spiro atoms. The molecule has 0 unspecified atom stereocenters. The number of rotatable bonds is 5. The number of hydrogen-bond acceptors (Lipinski definition) is 4. The van der Waals surface area contributed by atoms with Crippen LogP contribution in [0, 0.1) is 0 Å². The summed E-state index contributed by atoms with van der Waals surface area (Å²) in [6, 6.07) is 14.6. The number of pyridine rings is 1. The molecule has 1 aliphatic rings. The van der Waals surface area contributed by atoms with Gasteiger partial charge in [-0.15, -0.1) is 11.8 Å². The Labute approximate surface area is 170 Å². The number of amides is 1. The van der Waals surface area contributed by atoms with Gasteiger partial charge in [-0.25, -0.2) is 4.98 Å². The van der Waals surface area contributed by atoms with Crippen molar-refractivity contribution in [3.63, 3.8) is 0 Å². The van der Waals surface area contributed by atoms with Crippen LogP contribution in [0.3, 0.4) is 0 Å². The smallest absolute Gasteiger partial charge is 0.253 e. The van der Waals surface area contributed by atoms with Crippen molar-refractivity contribution in [1.82, 2.24) is 19.2 Å². The molecule has 3 heterocycles. The van der Waals surface area contributed by atoms with Crippen LogP contribution in [0.15, 0.2) is 59.8 Å². The zero-order chi connectivity index (χ0) is 19.5. The van der Waals surface area contributed by atoms with Crippen LogP contribution in [0.2, 0.25) is 0 Å². The standard InChI is InChI=1S/C22H26N4OS/c1-24(2)19-10-13-25(14-11-19)22(27)17-6-8-20(9-7-17)28-16-18-15-26-12-4-3-5-21(26)23-18/h3-9,12,15,19H,10-11,13-14,16H2,1-2H3. The Kier molecular flexibility index (Phi) is 5.69. The van der Waals surface area contributed by atoms with Gasteiger partial charge in [0.1, 0.15) is 5.65 Å². The summed E-state index contributed by atoms with van der Waals surface area (Å²) in [5.41, 5.74) is 2.80. The first kappa shape index (κ1) is 19.0. The highest BCUT2D eigenvalue weighted by atomic mass is 32.2. The second-order valence-electron chi connectivity index (χ2n) is 7.50. The van der Waals surface area contributed by atoms with Gasteiger partial charge in [-0.2, -0.15) is 0 Å². The summed E-state index contributed by atoms with van der Waals surface area (Å²) in [4.78, 5) is 22.8. The second kappa shape index (κ2) is 8.37. The maximum atomic E-state index is 12.8. The van der Waals surface area contributed by atoms with Crippen molar-refractivity contribution in [3.8, 4) is 0 Å². The van der Waals surface area contributed by atoms with E-state index in [1.54, 1.807) is 11.8 Å². The van der Waals surface area contributed by atoms with E-state index in [1.807, 2.05) is 58.0 Å². The number of imidazole rings is 1. The van der Waals surface area contributed by atoms with Gasteiger partial charge in [0.2, 0.25) is 0 Å². The van der Waals surface area contributed by atoms with Crippen molar-refractivity contribution in [1.29, 1.82) is 0 Å². The fourth-order valence-electron chi connectivity index (χ4n) is 3.68. The Morgan fingerprint density at radius 1 is 1.14 bits per heavy atom. The maximum absolute atomic E-state index is 12.8. The Morgan fingerprint density at radius 2 is 1.89 bits per heavy atom. The number of thioether (sulfide) groups is 1. The SMILES string of the molecule is CN(C)C1CCN(C(=O)c2ccc(SCc3cn4ccccc4n3)cc2)CC1. The monoisotopic (exact) mass is 394 g/mol. The number of aromatic nitrogens is 2. The van der Waals surface area contributed by atoms with Gasteiger partial charge in [-0.05, 0) is 63.3 Å². The zero-order valence-corrected chi connectivity index (χ0v) is 17.2. The normalized spacial score (nSPS) is 15.5. The molecule has 0 N–H and O–H groups in total. The molecule has 2 aromatic heterocycles. The molecule has 146 valence electrons. The third kappa shape index (κ3) is 4.23. The van der Waals surface area contributed by atoms with Gasteiger partial charge in [0, 0.05) is 47.7 Å². The van der Waals surface area contributed by atoms with Crippen LogP contribution < -0.4 is 0 Å². The molecule has 28 heavy (non-hydrogen) atoms. The number of hydrogen-bond donors (Lipinski definition) is 0. The molecule has 1 amide bonds. The highest BCUT2D eigenvalue weighted by Crippen LogP contribution is 2.24. The Morgan fingerprint density at radius 3 is 2.57 bits per heavy atom. The van der Waals surface area contributed by atoms with E-state index in [1.165, 1.54) is 0 Å². The van der Waals surface area contributed by atoms with E-state index in [0.717, 1.165) is 53.5 Å². The first-order chi connectivity index (χ1) is 13.6. The van der Waals surface area contributed by atoms with E-state index < -0.39 is 0 Å². The average Bonchev–Trinajstić information content (AvgIpc) is 3.15. The third-order valence-corrected chi connectivity index (χ3v) is 6.43. The molecule has 0 radical (unpaired) electrons. The molecule has 1 aromatic carbocycles. The van der Waals surface area contributed by atoms with Gasteiger partial charge in [0.15, 0.2) is 0 Å². The van der Waals surface area contributed by atoms with E-state index in [-0.39, 0.29) is 5.91 Å². The fraction of sp³-hybridized carbons (Fsp3) is 0.364. The quantitative estimate of drug-likeness (QED) is 0.618. The summed E-state index contributed by atoms with van der Waals surface area (Å²) in [6.07, 6.45) is 6.17. The molecule has 6 heteroatoms. The van der Waals surface area contributed by atoms with Crippen LogP contribution in [0.1, 0.15) is 28.9 Å². The minimum atomic E-state index is 0.147. The van der Waals surface area contributed by atoms with E-state index in [2.05, 4.69) is 30.2 Å². The first-order valence-corrected chi connectivity index (χ1v) is 10.7. The summed E-state index contributed by atoms with van der Waals surface area (Å²) in [6.45, 7) is 1.68. The predicted molar refractivity (Wildman–Crippen MR) is 114 cm³/mol. The van der Waals surface area contributed by atoms with Gasteiger partial charge in [-0.1, -0.05) is 6.07 Å². The van der Waals surface area contributed by atoms with Crippen molar-refractivity contribution >= 4 is 23.3 Å². The number of fused-ring (bicyclic) bond motifs is 1.